The molecule has 0 aromatic heterocycles. The van der Waals surface area contributed by atoms with Gasteiger partial charge in [0, 0.05) is 38.1 Å². The molecule has 0 aromatic rings. The number of likely N-dealkylation sites (tertiary alicyclic amines) is 1. The van der Waals surface area contributed by atoms with Gasteiger partial charge in [-0.2, -0.15) is 0 Å². The van der Waals surface area contributed by atoms with Gasteiger partial charge in [0.2, 0.25) is 5.91 Å². The summed E-state index contributed by atoms with van der Waals surface area (Å²) in [7, 11) is 0. The van der Waals surface area contributed by atoms with Crippen molar-refractivity contribution >= 4 is 17.7 Å². The van der Waals surface area contributed by atoms with Crippen molar-refractivity contribution in [2.45, 2.75) is 12.8 Å². The van der Waals surface area contributed by atoms with Crippen LogP contribution >= 0.6 is 0 Å². The molecule has 0 unspecified atom stereocenters. The topological polar surface area (TPSA) is 74.7 Å². The van der Waals surface area contributed by atoms with E-state index < -0.39 is 5.97 Å². The second-order valence-electron chi connectivity index (χ2n) is 3.04. The SMILES string of the molecule is O=C(O)/C=C/C(=O)N1CCC(=O)CC1. The summed E-state index contributed by atoms with van der Waals surface area (Å²) < 4.78 is 0. The van der Waals surface area contributed by atoms with Crippen LogP contribution in [0.3, 0.4) is 0 Å². The van der Waals surface area contributed by atoms with Gasteiger partial charge in [0.25, 0.3) is 0 Å². The lowest BCUT2D eigenvalue weighted by molar-refractivity contribution is -0.133. The van der Waals surface area contributed by atoms with Crippen LogP contribution in [0.4, 0.5) is 0 Å². The molecule has 5 nitrogen and oxygen atoms in total. The number of rotatable bonds is 2. The van der Waals surface area contributed by atoms with E-state index in [1.165, 1.54) is 4.90 Å². The molecular formula is C9H11NO4. The molecule has 0 atom stereocenters. The Labute approximate surface area is 81.0 Å². The second-order valence-corrected chi connectivity index (χ2v) is 3.04. The smallest absolute Gasteiger partial charge is 0.328 e. The third-order valence-electron chi connectivity index (χ3n) is 2.00. The summed E-state index contributed by atoms with van der Waals surface area (Å²) in [5, 5.41) is 8.29. The lowest BCUT2D eigenvalue weighted by Crippen LogP contribution is -2.37. The maximum Gasteiger partial charge on any atom is 0.328 e. The Bertz CT molecular complexity index is 285. The first-order valence-electron chi connectivity index (χ1n) is 4.31. The summed E-state index contributed by atoms with van der Waals surface area (Å²) in [5.41, 5.74) is 0. The molecule has 1 fully saturated rings. The standard InChI is InChI=1S/C9H11NO4/c11-7-3-5-10(6-4-7)8(12)1-2-9(13)14/h1-2H,3-6H2,(H,13,14)/b2-1+. The molecule has 1 saturated heterocycles. The van der Waals surface area contributed by atoms with Gasteiger partial charge in [-0.25, -0.2) is 4.79 Å². The van der Waals surface area contributed by atoms with Crippen LogP contribution in [0.5, 0.6) is 0 Å². The van der Waals surface area contributed by atoms with E-state index in [-0.39, 0.29) is 11.7 Å². The summed E-state index contributed by atoms with van der Waals surface area (Å²) in [4.78, 5) is 33.7. The summed E-state index contributed by atoms with van der Waals surface area (Å²) >= 11 is 0. The van der Waals surface area contributed by atoms with Crippen molar-refractivity contribution in [3.63, 3.8) is 0 Å². The summed E-state index contributed by atoms with van der Waals surface area (Å²) in [6, 6.07) is 0. The lowest BCUT2D eigenvalue weighted by Gasteiger charge is -2.24. The summed E-state index contributed by atoms with van der Waals surface area (Å²) in [6.45, 7) is 0.781. The van der Waals surface area contributed by atoms with Gasteiger partial charge >= 0.3 is 5.97 Å². The predicted octanol–water partition coefficient (Wildman–Crippen LogP) is -0.181. The lowest BCUT2D eigenvalue weighted by atomic mass is 10.1. The van der Waals surface area contributed by atoms with E-state index in [0.29, 0.717) is 25.9 Å². The molecule has 1 amide bonds. The fourth-order valence-electron chi connectivity index (χ4n) is 1.22. The maximum absolute atomic E-state index is 11.3. The zero-order chi connectivity index (χ0) is 10.6. The molecule has 0 spiro atoms. The molecule has 0 radical (unpaired) electrons. The predicted molar refractivity (Wildman–Crippen MR) is 47.6 cm³/mol. The Morgan fingerprint density at radius 3 is 2.29 bits per heavy atom. The molecule has 0 saturated carbocycles. The number of aliphatic carboxylic acids is 1. The Hall–Kier alpha value is -1.65. The van der Waals surface area contributed by atoms with Crippen LogP contribution in [0, 0.1) is 0 Å². The number of carbonyl (C=O) groups excluding carboxylic acids is 2. The molecule has 5 heteroatoms. The molecule has 14 heavy (non-hydrogen) atoms. The highest BCUT2D eigenvalue weighted by atomic mass is 16.4. The number of hydrogen-bond acceptors (Lipinski definition) is 3. The minimum absolute atomic E-state index is 0.149. The number of carboxylic acid groups (broad SMARTS) is 1. The van der Waals surface area contributed by atoms with Crippen molar-refractivity contribution < 1.29 is 19.5 Å². The van der Waals surface area contributed by atoms with Gasteiger partial charge in [0.05, 0.1) is 0 Å². The third-order valence-corrected chi connectivity index (χ3v) is 2.00. The van der Waals surface area contributed by atoms with Crippen LogP contribution in [-0.2, 0) is 14.4 Å². The Balaban J connectivity index is 2.46. The molecule has 0 aliphatic carbocycles. The van der Waals surface area contributed by atoms with E-state index in [4.69, 9.17) is 5.11 Å². The number of carboxylic acids is 1. The van der Waals surface area contributed by atoms with E-state index in [1.807, 2.05) is 0 Å². The molecule has 76 valence electrons. The average Bonchev–Trinajstić information content (AvgIpc) is 2.15. The van der Waals surface area contributed by atoms with E-state index in [1.54, 1.807) is 0 Å². The van der Waals surface area contributed by atoms with Crippen LogP contribution in [0.1, 0.15) is 12.8 Å². The van der Waals surface area contributed by atoms with E-state index in [9.17, 15) is 14.4 Å². The van der Waals surface area contributed by atoms with E-state index >= 15 is 0 Å². The fourth-order valence-corrected chi connectivity index (χ4v) is 1.22. The normalized spacial score (nSPS) is 17.4. The van der Waals surface area contributed by atoms with Crippen molar-refractivity contribution in [1.29, 1.82) is 0 Å². The van der Waals surface area contributed by atoms with Gasteiger partial charge < -0.3 is 10.0 Å². The number of hydrogen-bond donors (Lipinski definition) is 1. The summed E-state index contributed by atoms with van der Waals surface area (Å²) in [6.07, 6.45) is 2.55. The van der Waals surface area contributed by atoms with Crippen molar-refractivity contribution in [1.82, 2.24) is 4.90 Å². The highest BCUT2D eigenvalue weighted by molar-refractivity contribution is 5.94. The first kappa shape index (κ1) is 10.4. The van der Waals surface area contributed by atoms with Crippen molar-refractivity contribution in [2.24, 2.45) is 0 Å². The Kier molecular flexibility index (Phi) is 3.39. The van der Waals surface area contributed by atoms with E-state index in [2.05, 4.69) is 0 Å². The number of ketones is 1. The third kappa shape index (κ3) is 3.01. The highest BCUT2D eigenvalue weighted by Crippen LogP contribution is 2.05. The number of amides is 1. The molecule has 0 aromatic carbocycles. The summed E-state index contributed by atoms with van der Waals surface area (Å²) in [5.74, 6) is -1.34. The maximum atomic E-state index is 11.3. The zero-order valence-electron chi connectivity index (χ0n) is 7.60. The van der Waals surface area contributed by atoms with Gasteiger partial charge in [-0.3, -0.25) is 9.59 Å². The van der Waals surface area contributed by atoms with Crippen LogP contribution in [0.15, 0.2) is 12.2 Å². The van der Waals surface area contributed by atoms with Crippen LogP contribution < -0.4 is 0 Å². The van der Waals surface area contributed by atoms with Gasteiger partial charge in [0.1, 0.15) is 5.78 Å². The minimum Gasteiger partial charge on any atom is -0.478 e. The van der Waals surface area contributed by atoms with Crippen LogP contribution in [-0.4, -0.2) is 40.8 Å². The number of carbonyl (C=O) groups is 3. The van der Waals surface area contributed by atoms with Gasteiger partial charge in [-0.05, 0) is 0 Å². The number of Topliss-reactive ketones (excluding diaryl/α,β-unsaturated/α-hetero) is 1. The molecular weight excluding hydrogens is 186 g/mol. The van der Waals surface area contributed by atoms with Gasteiger partial charge in [-0.1, -0.05) is 0 Å². The quantitative estimate of drug-likeness (QED) is 0.623. The highest BCUT2D eigenvalue weighted by Gasteiger charge is 2.18. The monoisotopic (exact) mass is 197 g/mol. The molecule has 1 rings (SSSR count). The average molecular weight is 197 g/mol. The van der Waals surface area contributed by atoms with E-state index in [0.717, 1.165) is 12.2 Å². The molecule has 1 N–H and O–H groups in total. The van der Waals surface area contributed by atoms with Crippen LogP contribution in [0.25, 0.3) is 0 Å². The molecule has 1 heterocycles. The minimum atomic E-state index is -1.15. The number of nitrogens with zero attached hydrogens (tertiary/aromatic N) is 1. The first-order valence-corrected chi connectivity index (χ1v) is 4.31. The molecule has 1 aliphatic rings. The Morgan fingerprint density at radius 2 is 1.79 bits per heavy atom. The largest absolute Gasteiger partial charge is 0.478 e. The Morgan fingerprint density at radius 1 is 1.21 bits per heavy atom. The van der Waals surface area contributed by atoms with Gasteiger partial charge in [-0.15, -0.1) is 0 Å². The fraction of sp³-hybridized carbons (Fsp3) is 0.444. The second kappa shape index (κ2) is 4.55. The van der Waals surface area contributed by atoms with Crippen molar-refractivity contribution in [2.75, 3.05) is 13.1 Å². The first-order chi connectivity index (χ1) is 6.59. The molecule has 0 bridgehead atoms. The molecule has 1 aliphatic heterocycles. The van der Waals surface area contributed by atoms with Crippen LogP contribution in [0.2, 0.25) is 0 Å². The van der Waals surface area contributed by atoms with Crippen molar-refractivity contribution in [3.8, 4) is 0 Å². The number of piperidine rings is 1. The zero-order valence-corrected chi connectivity index (χ0v) is 7.60. The van der Waals surface area contributed by atoms with Gasteiger partial charge in [0.15, 0.2) is 0 Å². The van der Waals surface area contributed by atoms with Crippen molar-refractivity contribution in [3.05, 3.63) is 12.2 Å².